The average Bonchev–Trinajstić information content (AvgIpc) is 3.45. The molecule has 1 aliphatic heterocycles. The van der Waals surface area contributed by atoms with Gasteiger partial charge in [0.1, 0.15) is 17.2 Å². The van der Waals surface area contributed by atoms with E-state index in [0.29, 0.717) is 0 Å². The van der Waals surface area contributed by atoms with Crippen LogP contribution in [0.15, 0.2) is 18.5 Å². The van der Waals surface area contributed by atoms with Crippen LogP contribution in [-0.4, -0.2) is 72.0 Å². The summed E-state index contributed by atoms with van der Waals surface area (Å²) in [6, 6.07) is -2.03. The lowest BCUT2D eigenvalue weighted by molar-refractivity contribution is -0.177. The maximum Gasteiger partial charge on any atom is 0.417 e. The Morgan fingerprint density at radius 2 is 1.67 bits per heavy atom. The molecular formula is C29H38F5N5O6. The molecule has 16 heteroatoms. The largest absolute Gasteiger partial charge is 0.444 e. The predicted octanol–water partition coefficient (Wildman–Crippen LogP) is 5.87. The molecule has 250 valence electrons. The van der Waals surface area contributed by atoms with Crippen LogP contribution in [-0.2, 0) is 14.3 Å². The Kier molecular flexibility index (Phi) is 9.14. The van der Waals surface area contributed by atoms with Gasteiger partial charge in [-0.2, -0.15) is 18.3 Å². The van der Waals surface area contributed by atoms with Crippen molar-refractivity contribution in [2.45, 2.75) is 115 Å². The number of halogens is 5. The number of likely N-dealkylation sites (tertiary alicyclic amines) is 1. The van der Waals surface area contributed by atoms with Crippen molar-refractivity contribution in [3.8, 4) is 0 Å². The van der Waals surface area contributed by atoms with Gasteiger partial charge in [0.15, 0.2) is 5.65 Å². The van der Waals surface area contributed by atoms with E-state index in [1.807, 2.05) is 0 Å². The van der Waals surface area contributed by atoms with E-state index in [0.717, 1.165) is 6.20 Å². The van der Waals surface area contributed by atoms with Gasteiger partial charge in [0.05, 0.1) is 36.2 Å². The number of nitrogens with one attached hydrogen (secondary N) is 1. The number of imide groups is 1. The second-order valence-electron chi connectivity index (χ2n) is 13.6. The number of imidazole rings is 1. The Morgan fingerprint density at radius 3 is 2.22 bits per heavy atom. The van der Waals surface area contributed by atoms with Gasteiger partial charge >= 0.3 is 18.4 Å². The van der Waals surface area contributed by atoms with Gasteiger partial charge in [0.25, 0.3) is 0 Å². The third kappa shape index (κ3) is 8.19. The molecule has 4 rings (SSSR count). The molecule has 0 aromatic carbocycles. The molecule has 3 amide bonds. The van der Waals surface area contributed by atoms with Crippen molar-refractivity contribution in [1.82, 2.24) is 24.8 Å². The summed E-state index contributed by atoms with van der Waals surface area (Å²) < 4.78 is 81.2. The number of alkyl halides is 5. The number of carbonyl (C=O) groups is 3. The van der Waals surface area contributed by atoms with Crippen molar-refractivity contribution < 1.29 is 50.9 Å². The minimum Gasteiger partial charge on any atom is -0.444 e. The number of alkyl carbamates (subject to hydrolysis) is 1. The van der Waals surface area contributed by atoms with Crippen molar-refractivity contribution in [3.63, 3.8) is 0 Å². The topological polar surface area (TPSA) is 135 Å². The second-order valence-corrected chi connectivity index (χ2v) is 13.6. The minimum atomic E-state index is -4.97. The molecule has 2 aromatic heterocycles. The van der Waals surface area contributed by atoms with Crippen molar-refractivity contribution in [2.75, 3.05) is 0 Å². The zero-order chi connectivity index (χ0) is 33.7. The fourth-order valence-electron chi connectivity index (χ4n) is 5.57. The molecule has 1 saturated heterocycles. The summed E-state index contributed by atoms with van der Waals surface area (Å²) >= 11 is 0. The van der Waals surface area contributed by atoms with Crippen LogP contribution in [0.1, 0.15) is 97.0 Å². The summed E-state index contributed by atoms with van der Waals surface area (Å²) in [6.45, 7) is 9.33. The molecule has 0 radical (unpaired) electrons. The van der Waals surface area contributed by atoms with E-state index < -0.39 is 77.8 Å². The standard InChI is InChI=1S/C29H38F5N5O6/c1-26(2,3)44-24(42)37-21(15-7-9-28(30,31)10-8-15)18-14-38-20(36-18)11-16(13-35-38)22(40)17-12-19(29(32,33)34)39(23(17)41)25(43)45-27(4,5)6/h11,13-15,17,19,21-22,40H,7-10,12H2,1-6H3,(H,37,42)/t17-,19+,21-,22-/m0/s1. The second kappa shape index (κ2) is 12.0. The lowest BCUT2D eigenvalue weighted by Gasteiger charge is -2.33. The monoisotopic (exact) mass is 647 g/mol. The molecular weight excluding hydrogens is 609 g/mol. The predicted molar refractivity (Wildman–Crippen MR) is 148 cm³/mol. The number of ether oxygens (including phenoxy) is 2. The molecule has 0 bridgehead atoms. The normalized spacial score (nSPS) is 22.8. The van der Waals surface area contributed by atoms with Crippen LogP contribution in [0, 0.1) is 11.8 Å². The number of nitrogens with zero attached hydrogens (tertiary/aromatic N) is 4. The van der Waals surface area contributed by atoms with Gasteiger partial charge < -0.3 is 19.9 Å². The average molecular weight is 648 g/mol. The third-order valence-corrected chi connectivity index (χ3v) is 7.62. The summed E-state index contributed by atoms with van der Waals surface area (Å²) in [6.07, 6.45) is -7.86. The number of aliphatic hydroxyl groups is 1. The molecule has 45 heavy (non-hydrogen) atoms. The van der Waals surface area contributed by atoms with E-state index >= 15 is 0 Å². The zero-order valence-corrected chi connectivity index (χ0v) is 25.8. The van der Waals surface area contributed by atoms with Crippen LogP contribution in [0.2, 0.25) is 0 Å². The number of aliphatic hydroxyl groups excluding tert-OH is 1. The Labute approximate surface area is 256 Å². The van der Waals surface area contributed by atoms with Gasteiger partial charge in [-0.3, -0.25) is 4.79 Å². The Morgan fingerprint density at radius 1 is 1.07 bits per heavy atom. The first-order valence-electron chi connectivity index (χ1n) is 14.6. The molecule has 3 heterocycles. The van der Waals surface area contributed by atoms with Crippen LogP contribution >= 0.6 is 0 Å². The Hall–Kier alpha value is -3.56. The quantitative estimate of drug-likeness (QED) is 0.385. The highest BCUT2D eigenvalue weighted by molar-refractivity contribution is 5.96. The zero-order valence-electron chi connectivity index (χ0n) is 25.8. The lowest BCUT2D eigenvalue weighted by atomic mass is 9.81. The van der Waals surface area contributed by atoms with Gasteiger partial charge in [-0.1, -0.05) is 0 Å². The van der Waals surface area contributed by atoms with Gasteiger partial charge in [-0.05, 0) is 72.8 Å². The van der Waals surface area contributed by atoms with Gasteiger partial charge in [-0.25, -0.2) is 32.8 Å². The maximum atomic E-state index is 13.9. The first-order chi connectivity index (χ1) is 20.5. The molecule has 0 unspecified atom stereocenters. The van der Waals surface area contributed by atoms with Crippen LogP contribution in [0.4, 0.5) is 31.5 Å². The molecule has 0 spiro atoms. The highest BCUT2D eigenvalue weighted by Gasteiger charge is 2.58. The molecule has 2 aromatic rings. The van der Waals surface area contributed by atoms with Crippen LogP contribution < -0.4 is 5.32 Å². The number of carbonyl (C=O) groups excluding carboxylic acids is 3. The van der Waals surface area contributed by atoms with Crippen LogP contribution in [0.3, 0.4) is 0 Å². The number of hydrogen-bond acceptors (Lipinski definition) is 8. The Bertz CT molecular complexity index is 1420. The smallest absolute Gasteiger partial charge is 0.417 e. The first kappa shape index (κ1) is 34.3. The van der Waals surface area contributed by atoms with Gasteiger partial charge in [0, 0.05) is 18.4 Å². The third-order valence-electron chi connectivity index (χ3n) is 7.62. The van der Waals surface area contributed by atoms with E-state index in [2.05, 4.69) is 15.4 Å². The summed E-state index contributed by atoms with van der Waals surface area (Å²) in [5.74, 6) is -6.13. The number of rotatable bonds is 5. The highest BCUT2D eigenvalue weighted by Crippen LogP contribution is 2.43. The first-order valence-corrected chi connectivity index (χ1v) is 14.6. The fourth-order valence-corrected chi connectivity index (χ4v) is 5.57. The molecule has 1 aliphatic carbocycles. The van der Waals surface area contributed by atoms with E-state index in [9.17, 15) is 41.4 Å². The molecule has 4 atom stereocenters. The van der Waals surface area contributed by atoms with E-state index in [4.69, 9.17) is 9.47 Å². The summed E-state index contributed by atoms with van der Waals surface area (Å²) in [4.78, 5) is 42.9. The molecule has 1 saturated carbocycles. The SMILES string of the molecule is CC(C)(C)OC(=O)N[C@H](c1cn2ncc([C@H](O)[C@@H]3C[C@H](C(F)(F)F)N(C(=O)OC(C)(C)C)C3=O)cc2n1)C1CCC(F)(F)CC1. The highest BCUT2D eigenvalue weighted by atomic mass is 19.4. The number of fused-ring (bicyclic) bond motifs is 1. The maximum absolute atomic E-state index is 13.9. The van der Waals surface area contributed by atoms with Crippen molar-refractivity contribution in [2.24, 2.45) is 11.8 Å². The fraction of sp³-hybridized carbons (Fsp3) is 0.690. The summed E-state index contributed by atoms with van der Waals surface area (Å²) in [7, 11) is 0. The van der Waals surface area contributed by atoms with Crippen molar-refractivity contribution in [1.29, 1.82) is 0 Å². The minimum absolute atomic E-state index is 0.000643. The number of hydrogen-bond donors (Lipinski definition) is 2. The van der Waals surface area contributed by atoms with E-state index in [-0.39, 0.29) is 47.5 Å². The van der Waals surface area contributed by atoms with Gasteiger partial charge in [0.2, 0.25) is 11.8 Å². The molecule has 11 nitrogen and oxygen atoms in total. The number of amides is 3. The van der Waals surface area contributed by atoms with E-state index in [1.54, 1.807) is 20.8 Å². The van der Waals surface area contributed by atoms with Crippen molar-refractivity contribution >= 4 is 23.7 Å². The number of aromatic nitrogens is 3. The van der Waals surface area contributed by atoms with Crippen LogP contribution in [0.25, 0.3) is 5.65 Å². The summed E-state index contributed by atoms with van der Waals surface area (Å²) in [5, 5.41) is 18.0. The molecule has 2 fully saturated rings. The molecule has 2 N–H and O–H groups in total. The molecule has 2 aliphatic rings. The lowest BCUT2D eigenvalue weighted by Crippen LogP contribution is -2.48. The summed E-state index contributed by atoms with van der Waals surface area (Å²) in [5.41, 5.74) is -1.67. The van der Waals surface area contributed by atoms with Gasteiger partial charge in [-0.15, -0.1) is 0 Å². The van der Waals surface area contributed by atoms with E-state index in [1.165, 1.54) is 37.5 Å². The van der Waals surface area contributed by atoms with Crippen LogP contribution in [0.5, 0.6) is 0 Å². The Balaban J connectivity index is 1.62. The van der Waals surface area contributed by atoms with Crippen molar-refractivity contribution in [3.05, 3.63) is 29.7 Å².